The number of anilines is 5. The highest BCUT2D eigenvalue weighted by Gasteiger charge is 2.31. The normalized spacial score (nSPS) is 13.4. The molecular weight excluding hydrogens is 1020 g/mol. The molecule has 12 aromatic rings. The maximum absolute atomic E-state index is 13.6. The minimum Gasteiger partial charge on any atom is -0.494 e. The lowest BCUT2D eigenvalue weighted by Crippen LogP contribution is -2.19. The number of furan rings is 1. The van der Waals surface area contributed by atoms with Crippen LogP contribution in [0.3, 0.4) is 0 Å². The van der Waals surface area contributed by atoms with Crippen LogP contribution in [0.25, 0.3) is 82.1 Å². The molecule has 5 nitrogen and oxygen atoms in total. The molecule has 13 rings (SSSR count). The van der Waals surface area contributed by atoms with E-state index in [1.54, 1.807) is 6.08 Å². The maximum Gasteiger partial charge on any atom is 0.204 e. The molecule has 0 amide bonds. The second-order valence-electron chi connectivity index (χ2n) is 22.9. The summed E-state index contributed by atoms with van der Waals surface area (Å²) in [6.45, 7) is 10.9. The van der Waals surface area contributed by atoms with E-state index in [9.17, 15) is 10.4 Å². The van der Waals surface area contributed by atoms with Crippen molar-refractivity contribution in [3.05, 3.63) is 265 Å². The van der Waals surface area contributed by atoms with Crippen molar-refractivity contribution in [2.24, 2.45) is 0 Å². The lowest BCUT2D eigenvalue weighted by atomic mass is 9.78. The second kappa shape index (κ2) is 23.3. The fourth-order valence-electron chi connectivity index (χ4n) is 13.8. The van der Waals surface area contributed by atoms with Crippen molar-refractivity contribution in [1.82, 2.24) is 0 Å². The van der Waals surface area contributed by atoms with Crippen molar-refractivity contribution in [2.45, 2.75) is 90.4 Å². The molecule has 412 valence electrons. The molecule has 5 heteroatoms. The highest BCUT2D eigenvalue weighted by molar-refractivity contribution is 6.30. The Morgan fingerprint density at radius 3 is 1.98 bits per heavy atom. The molecule has 1 aliphatic carbocycles. The summed E-state index contributed by atoms with van der Waals surface area (Å²) in [6, 6.07) is 75.8. The second-order valence-corrected chi connectivity index (χ2v) is 22.9. The zero-order valence-corrected chi connectivity index (χ0v) is 48.3. The van der Waals surface area contributed by atoms with Crippen LogP contribution in [-0.2, 0) is 0 Å². The van der Waals surface area contributed by atoms with Gasteiger partial charge in [-0.15, -0.1) is 0 Å². The van der Waals surface area contributed by atoms with Gasteiger partial charge < -0.3 is 14.4 Å². The Morgan fingerprint density at radius 1 is 0.595 bits per heavy atom. The number of hydrogen-bond donors (Lipinski definition) is 1. The summed E-state index contributed by atoms with van der Waals surface area (Å²) in [4.78, 5) is 4.57. The first-order valence-electron chi connectivity index (χ1n) is 30.2. The molecule has 0 radical (unpaired) electrons. The number of nitrogens with zero attached hydrogens (tertiary/aromatic N) is 3. The number of aliphatic hydroxyl groups excluding tert-OH is 1. The Morgan fingerprint density at radius 2 is 1.23 bits per heavy atom. The van der Waals surface area contributed by atoms with Crippen molar-refractivity contribution in [1.29, 1.82) is 5.26 Å². The quantitative estimate of drug-likeness (QED) is 0.0559. The van der Waals surface area contributed by atoms with E-state index in [1.165, 1.54) is 57.5 Å². The lowest BCUT2D eigenvalue weighted by Gasteiger charge is -2.33. The van der Waals surface area contributed by atoms with Crippen LogP contribution in [0.1, 0.15) is 111 Å². The molecule has 0 saturated heterocycles. The smallest absolute Gasteiger partial charge is 0.204 e. The topological polar surface area (TPSA) is 63.6 Å². The lowest BCUT2D eigenvalue weighted by molar-refractivity contribution is 0.406. The molecule has 1 aromatic heterocycles. The molecule has 1 fully saturated rings. The summed E-state index contributed by atoms with van der Waals surface area (Å²) in [6.07, 6.45) is 15.6. The van der Waals surface area contributed by atoms with Gasteiger partial charge in [-0.3, -0.25) is 4.90 Å². The van der Waals surface area contributed by atoms with Gasteiger partial charge in [-0.1, -0.05) is 216 Å². The van der Waals surface area contributed by atoms with Crippen molar-refractivity contribution < 1.29 is 9.52 Å². The van der Waals surface area contributed by atoms with Gasteiger partial charge in [0.25, 0.3) is 0 Å². The Bertz CT molecular complexity index is 4510. The van der Waals surface area contributed by atoms with Crippen LogP contribution in [-0.4, -0.2) is 5.11 Å². The molecule has 0 spiro atoms. The Labute approximate surface area is 493 Å². The molecule has 1 saturated carbocycles. The van der Waals surface area contributed by atoms with Gasteiger partial charge in [-0.05, 0) is 166 Å². The summed E-state index contributed by atoms with van der Waals surface area (Å²) in [5, 5.41) is 33.2. The van der Waals surface area contributed by atoms with Crippen LogP contribution >= 0.6 is 0 Å². The van der Waals surface area contributed by atoms with Gasteiger partial charge >= 0.3 is 0 Å². The van der Waals surface area contributed by atoms with Gasteiger partial charge in [0.2, 0.25) is 5.88 Å². The summed E-state index contributed by atoms with van der Waals surface area (Å²) < 4.78 is 7.31. The van der Waals surface area contributed by atoms with E-state index in [0.29, 0.717) is 17.1 Å². The number of rotatable bonds is 17. The van der Waals surface area contributed by atoms with Crippen molar-refractivity contribution in [2.75, 3.05) is 9.80 Å². The monoisotopic (exact) mass is 1090 g/mol. The maximum atomic E-state index is 13.6. The zero-order valence-electron chi connectivity index (χ0n) is 48.3. The molecule has 11 aromatic carbocycles. The van der Waals surface area contributed by atoms with Crippen LogP contribution < -0.4 is 9.80 Å². The number of aliphatic hydroxyl groups is 1. The molecule has 1 aliphatic rings. The summed E-state index contributed by atoms with van der Waals surface area (Å²) >= 11 is 0. The van der Waals surface area contributed by atoms with E-state index in [-0.39, 0.29) is 11.8 Å². The van der Waals surface area contributed by atoms with Gasteiger partial charge in [0.1, 0.15) is 5.58 Å². The average Bonchev–Trinajstić information content (AvgIpc) is 1.09. The van der Waals surface area contributed by atoms with E-state index < -0.39 is 0 Å². The number of benzene rings is 11. The van der Waals surface area contributed by atoms with Crippen LogP contribution in [0.2, 0.25) is 0 Å². The number of nitriles is 1. The van der Waals surface area contributed by atoms with Gasteiger partial charge in [0.15, 0.2) is 5.58 Å². The van der Waals surface area contributed by atoms with E-state index >= 15 is 0 Å². The predicted molar refractivity (Wildman–Crippen MR) is 355 cm³/mol. The third kappa shape index (κ3) is 9.66. The SMILES string of the molecule is C=C/C=C\C(=C(\O)N(c1ccccc1)c1cc(C(CCC)CCC)c2ccc3c(N(c4cccc(C)c4)c4cccc5c4oc4c(-c6ccccc6)cccc45)cc(C4CCCCC4)c4ccc1c2c43)c1cccc(-c2ccccc2C#N)c1. The average molecular weight is 1090 g/mol. The Hall–Kier alpha value is -9.63. The van der Waals surface area contributed by atoms with E-state index in [4.69, 9.17) is 4.42 Å². The predicted octanol–water partition coefficient (Wildman–Crippen LogP) is 23.0. The number of para-hydroxylation sites is 3. The number of allylic oxidation sites excluding steroid dienone is 4. The first kappa shape index (κ1) is 53.7. The van der Waals surface area contributed by atoms with Gasteiger partial charge in [0, 0.05) is 44.1 Å². The van der Waals surface area contributed by atoms with Gasteiger partial charge in [-0.25, -0.2) is 0 Å². The third-order valence-electron chi connectivity index (χ3n) is 17.6. The first-order valence-corrected chi connectivity index (χ1v) is 30.2. The number of hydrogen-bond acceptors (Lipinski definition) is 5. The standard InChI is InChI=1S/C79H69N3O2/c1-5-8-37-63(57-33-21-32-56(48-57)61-38-19-18-31-58(61)51-80)79(83)82(59-34-16-11-17-35-59)74-50-70(53(24-6-2)25-7-3)64-43-45-68-73(49-71(55-29-14-10-15-30-55)65-44-46-69(74)76(64)75(65)68)81(60-36-20-26-52(4)47-60)72-42-23-41-67-66-40-22-39-62(77(66)84-78(67)72)54-27-12-9-13-28-54/h5,8-9,11-13,16-23,26-28,31-50,53,55,83H,1,6-7,10,14-15,24-25,29-30H2,2-4H3/b37-8-,79-63-. The number of fused-ring (bicyclic) bond motifs is 3. The van der Waals surface area contributed by atoms with Crippen molar-refractivity contribution in [3.8, 4) is 28.3 Å². The summed E-state index contributed by atoms with van der Waals surface area (Å²) in [5.74, 6) is 0.709. The minimum absolute atomic E-state index is 0.0806. The fourth-order valence-corrected chi connectivity index (χ4v) is 13.8. The van der Waals surface area contributed by atoms with E-state index in [1.807, 2.05) is 60.7 Å². The van der Waals surface area contributed by atoms with Crippen LogP contribution in [0.15, 0.2) is 241 Å². The largest absolute Gasteiger partial charge is 0.494 e. The Balaban J connectivity index is 1.14. The molecule has 0 aliphatic heterocycles. The first-order chi connectivity index (χ1) is 41.4. The molecule has 84 heavy (non-hydrogen) atoms. The summed E-state index contributed by atoms with van der Waals surface area (Å²) in [5.41, 5.74) is 16.4. The molecule has 1 N–H and O–H groups in total. The fraction of sp³-hybridized carbons (Fsp3) is 0.177. The third-order valence-corrected chi connectivity index (χ3v) is 17.6. The van der Waals surface area contributed by atoms with Gasteiger partial charge in [0.05, 0.1) is 28.7 Å². The van der Waals surface area contributed by atoms with Crippen LogP contribution in [0, 0.1) is 18.3 Å². The molecule has 0 unspecified atom stereocenters. The highest BCUT2D eigenvalue weighted by Crippen LogP contribution is 2.54. The highest BCUT2D eigenvalue weighted by atomic mass is 16.3. The van der Waals surface area contributed by atoms with Crippen LogP contribution in [0.5, 0.6) is 0 Å². The molecule has 1 heterocycles. The Kier molecular flexibility index (Phi) is 14.9. The molecule has 0 bridgehead atoms. The van der Waals surface area contributed by atoms with Crippen molar-refractivity contribution in [3.63, 3.8) is 0 Å². The van der Waals surface area contributed by atoms with Gasteiger partial charge in [-0.2, -0.15) is 5.26 Å². The van der Waals surface area contributed by atoms with E-state index in [0.717, 1.165) is 127 Å². The number of aryl methyl sites for hydroxylation is 1. The molecular formula is C79H69N3O2. The summed E-state index contributed by atoms with van der Waals surface area (Å²) in [7, 11) is 0. The van der Waals surface area contributed by atoms with E-state index in [2.05, 4.69) is 201 Å². The van der Waals surface area contributed by atoms with Crippen LogP contribution in [0.4, 0.5) is 28.4 Å². The van der Waals surface area contributed by atoms with Crippen molar-refractivity contribution >= 4 is 88.3 Å². The molecule has 0 atom stereocenters. The minimum atomic E-state index is 0.0806. The zero-order chi connectivity index (χ0) is 57.3.